The van der Waals surface area contributed by atoms with Crippen LogP contribution in [-0.2, 0) is 28.5 Å². The molecule has 0 spiro atoms. The molecule has 22 heavy (non-hydrogen) atoms. The summed E-state index contributed by atoms with van der Waals surface area (Å²) in [4.78, 5) is 22.6. The maximum Gasteiger partial charge on any atom is 0.373 e. The van der Waals surface area contributed by atoms with Gasteiger partial charge in [0, 0.05) is 31.9 Å². The van der Waals surface area contributed by atoms with Crippen molar-refractivity contribution in [1.82, 2.24) is 0 Å². The largest absolute Gasteiger partial charge is 0.480 e. The summed E-state index contributed by atoms with van der Waals surface area (Å²) in [5.41, 5.74) is 6.06. The monoisotopic (exact) mass is 315 g/mol. The van der Waals surface area contributed by atoms with Gasteiger partial charge in [0.2, 0.25) is 5.76 Å². The van der Waals surface area contributed by atoms with E-state index in [2.05, 4.69) is 4.74 Å². The number of methoxy groups -OCH3 is 2. The van der Waals surface area contributed by atoms with Gasteiger partial charge in [-0.15, -0.1) is 0 Å². The van der Waals surface area contributed by atoms with E-state index in [0.717, 1.165) is 0 Å². The molecule has 0 aromatic heterocycles. The SMILES string of the molecule is COC(=O)C1=C[C@H](N)[C@@H](C)[C@H]([C@H](OC)[C@H](C)COC(C)=O)O1. The van der Waals surface area contributed by atoms with Gasteiger partial charge in [0.25, 0.3) is 0 Å². The Balaban J connectivity index is 2.88. The Labute approximate surface area is 130 Å². The van der Waals surface area contributed by atoms with Crippen LogP contribution >= 0.6 is 0 Å². The molecule has 0 aliphatic carbocycles. The molecule has 0 aromatic carbocycles. The van der Waals surface area contributed by atoms with Gasteiger partial charge in [0.15, 0.2) is 0 Å². The molecule has 1 rings (SSSR count). The maximum absolute atomic E-state index is 11.7. The minimum absolute atomic E-state index is 0.0712. The molecule has 0 unspecified atom stereocenters. The third kappa shape index (κ3) is 4.45. The number of nitrogens with two attached hydrogens (primary N) is 1. The third-order valence-electron chi connectivity index (χ3n) is 3.83. The van der Waals surface area contributed by atoms with E-state index < -0.39 is 12.1 Å². The summed E-state index contributed by atoms with van der Waals surface area (Å²) in [5, 5.41) is 0. The number of hydrogen-bond acceptors (Lipinski definition) is 7. The van der Waals surface area contributed by atoms with Crippen LogP contribution in [0.3, 0.4) is 0 Å². The Kier molecular flexibility index (Phi) is 6.83. The summed E-state index contributed by atoms with van der Waals surface area (Å²) in [7, 11) is 2.83. The topological polar surface area (TPSA) is 97.1 Å². The standard InChI is InChI=1S/C15H25NO6/c1-8(7-21-10(3)17)13(19-4)14-9(2)11(16)6-12(22-14)15(18)20-5/h6,8-9,11,13-14H,7,16H2,1-5H3/t8-,9-,11+,13-,14-/m1/s1. The lowest BCUT2D eigenvalue weighted by Crippen LogP contribution is -2.50. The fourth-order valence-corrected chi connectivity index (χ4v) is 2.46. The molecule has 1 aliphatic rings. The summed E-state index contributed by atoms with van der Waals surface area (Å²) in [6, 6.07) is -0.355. The molecule has 7 nitrogen and oxygen atoms in total. The smallest absolute Gasteiger partial charge is 0.373 e. The first-order valence-corrected chi connectivity index (χ1v) is 7.20. The van der Waals surface area contributed by atoms with Crippen molar-refractivity contribution in [3.8, 4) is 0 Å². The Morgan fingerprint density at radius 3 is 2.55 bits per heavy atom. The number of ether oxygens (including phenoxy) is 4. The Morgan fingerprint density at radius 2 is 2.05 bits per heavy atom. The molecule has 0 radical (unpaired) electrons. The van der Waals surface area contributed by atoms with Gasteiger partial charge in [-0.3, -0.25) is 4.79 Å². The molecule has 0 fully saturated rings. The maximum atomic E-state index is 11.7. The quantitative estimate of drug-likeness (QED) is 0.718. The van der Waals surface area contributed by atoms with Crippen molar-refractivity contribution in [3.63, 3.8) is 0 Å². The fraction of sp³-hybridized carbons (Fsp3) is 0.733. The minimum Gasteiger partial charge on any atom is -0.480 e. The summed E-state index contributed by atoms with van der Waals surface area (Å²) >= 11 is 0. The zero-order valence-corrected chi connectivity index (χ0v) is 13.7. The molecule has 7 heteroatoms. The van der Waals surface area contributed by atoms with Crippen molar-refractivity contribution in [2.45, 2.75) is 39.0 Å². The van der Waals surface area contributed by atoms with Crippen LogP contribution in [0.15, 0.2) is 11.8 Å². The number of esters is 2. The van der Waals surface area contributed by atoms with Crippen LogP contribution < -0.4 is 5.73 Å². The lowest BCUT2D eigenvalue weighted by atomic mass is 9.85. The van der Waals surface area contributed by atoms with Gasteiger partial charge in [-0.25, -0.2) is 4.79 Å². The first-order chi connectivity index (χ1) is 10.3. The van der Waals surface area contributed by atoms with Gasteiger partial charge in [-0.2, -0.15) is 0 Å². The van der Waals surface area contributed by atoms with Gasteiger partial charge in [0.05, 0.1) is 13.7 Å². The van der Waals surface area contributed by atoms with Crippen molar-refractivity contribution in [3.05, 3.63) is 11.8 Å². The van der Waals surface area contributed by atoms with Crippen LogP contribution in [0.4, 0.5) is 0 Å². The molecule has 0 saturated carbocycles. The van der Waals surface area contributed by atoms with E-state index in [4.69, 9.17) is 19.9 Å². The second kappa shape index (κ2) is 8.14. The van der Waals surface area contributed by atoms with Crippen molar-refractivity contribution in [1.29, 1.82) is 0 Å². The molecule has 0 saturated heterocycles. The van der Waals surface area contributed by atoms with Crippen molar-refractivity contribution < 1.29 is 28.5 Å². The predicted octanol–water partition coefficient (Wildman–Crippen LogP) is 0.620. The Hall–Kier alpha value is -1.60. The first-order valence-electron chi connectivity index (χ1n) is 7.20. The fourth-order valence-electron chi connectivity index (χ4n) is 2.46. The lowest BCUT2D eigenvalue weighted by molar-refractivity contribution is -0.151. The van der Waals surface area contributed by atoms with Gasteiger partial charge in [-0.05, 0) is 6.08 Å². The molecular formula is C15H25NO6. The highest BCUT2D eigenvalue weighted by Gasteiger charge is 2.40. The van der Waals surface area contributed by atoms with E-state index in [0.29, 0.717) is 0 Å². The number of carbonyl (C=O) groups is 2. The van der Waals surface area contributed by atoms with Crippen molar-refractivity contribution in [2.75, 3.05) is 20.8 Å². The molecule has 1 heterocycles. The van der Waals surface area contributed by atoms with Crippen LogP contribution in [0.5, 0.6) is 0 Å². The number of rotatable bonds is 6. The van der Waals surface area contributed by atoms with Gasteiger partial charge in [0.1, 0.15) is 12.2 Å². The summed E-state index contributed by atoms with van der Waals surface area (Å²) in [5.74, 6) is -1.04. The zero-order valence-electron chi connectivity index (χ0n) is 13.7. The third-order valence-corrected chi connectivity index (χ3v) is 3.83. The van der Waals surface area contributed by atoms with Crippen LogP contribution in [0, 0.1) is 11.8 Å². The average molecular weight is 315 g/mol. The number of carbonyl (C=O) groups excluding carboxylic acids is 2. The van der Waals surface area contributed by atoms with E-state index in [1.54, 1.807) is 13.2 Å². The lowest BCUT2D eigenvalue weighted by Gasteiger charge is -2.39. The summed E-state index contributed by atoms with van der Waals surface area (Å²) in [6.07, 6.45) is 0.731. The normalized spacial score (nSPS) is 27.2. The van der Waals surface area contributed by atoms with E-state index in [1.807, 2.05) is 13.8 Å². The highest BCUT2D eigenvalue weighted by atomic mass is 16.6. The van der Waals surface area contributed by atoms with Crippen LogP contribution in [0.1, 0.15) is 20.8 Å². The van der Waals surface area contributed by atoms with E-state index in [-0.39, 0.29) is 42.3 Å². The number of hydrogen-bond donors (Lipinski definition) is 1. The van der Waals surface area contributed by atoms with Gasteiger partial charge >= 0.3 is 11.9 Å². The zero-order chi connectivity index (χ0) is 16.9. The minimum atomic E-state index is -0.574. The second-order valence-corrected chi connectivity index (χ2v) is 5.52. The highest BCUT2D eigenvalue weighted by molar-refractivity contribution is 5.86. The summed E-state index contributed by atoms with van der Waals surface area (Å²) < 4.78 is 21.0. The van der Waals surface area contributed by atoms with E-state index >= 15 is 0 Å². The molecular weight excluding hydrogens is 290 g/mol. The van der Waals surface area contributed by atoms with Gasteiger partial charge in [-0.1, -0.05) is 13.8 Å². The molecule has 1 aliphatic heterocycles. The van der Waals surface area contributed by atoms with Crippen molar-refractivity contribution in [2.24, 2.45) is 17.6 Å². The first kappa shape index (κ1) is 18.4. The van der Waals surface area contributed by atoms with Crippen LogP contribution in [0.2, 0.25) is 0 Å². The molecule has 126 valence electrons. The molecule has 0 amide bonds. The van der Waals surface area contributed by atoms with Gasteiger partial charge < -0.3 is 24.7 Å². The van der Waals surface area contributed by atoms with Crippen LogP contribution in [-0.4, -0.2) is 51.0 Å². The van der Waals surface area contributed by atoms with E-state index in [9.17, 15) is 9.59 Å². The summed E-state index contributed by atoms with van der Waals surface area (Å²) in [6.45, 7) is 5.36. The van der Waals surface area contributed by atoms with Crippen LogP contribution in [0.25, 0.3) is 0 Å². The average Bonchev–Trinajstić information content (AvgIpc) is 2.48. The highest BCUT2D eigenvalue weighted by Crippen LogP contribution is 2.29. The predicted molar refractivity (Wildman–Crippen MR) is 78.7 cm³/mol. The second-order valence-electron chi connectivity index (χ2n) is 5.52. The molecule has 0 aromatic rings. The Bertz CT molecular complexity index is 436. The Morgan fingerprint density at radius 1 is 1.41 bits per heavy atom. The van der Waals surface area contributed by atoms with Crippen molar-refractivity contribution >= 4 is 11.9 Å². The molecule has 2 N–H and O–H groups in total. The molecule has 0 bridgehead atoms. The van der Waals surface area contributed by atoms with E-state index in [1.165, 1.54) is 14.0 Å². The molecule has 5 atom stereocenters.